The molecule has 16 heavy (non-hydrogen) atoms. The van der Waals surface area contributed by atoms with E-state index < -0.39 is 5.82 Å². The Labute approximate surface area is 91.5 Å². The molecular formula is C12H9FN2O. The van der Waals surface area contributed by atoms with Crippen LogP contribution in [0, 0.1) is 17.1 Å². The van der Waals surface area contributed by atoms with E-state index in [0.29, 0.717) is 23.7 Å². The van der Waals surface area contributed by atoms with Crippen LogP contribution in [0.15, 0.2) is 18.3 Å². The molecule has 4 heteroatoms. The number of aryl methyl sites for hydroxylation is 1. The number of carbonyl (C=O) groups is 1. The molecule has 0 aliphatic heterocycles. The Morgan fingerprint density at radius 3 is 3.00 bits per heavy atom. The zero-order valence-corrected chi connectivity index (χ0v) is 8.46. The van der Waals surface area contributed by atoms with Crippen LogP contribution in [0.25, 0.3) is 10.9 Å². The molecule has 0 fully saturated rings. The van der Waals surface area contributed by atoms with Crippen molar-refractivity contribution >= 4 is 17.2 Å². The number of carbonyl (C=O) groups excluding carboxylic acids is 1. The number of nitriles is 1. The number of fused-ring (bicyclic) bond motifs is 1. The van der Waals surface area contributed by atoms with Crippen LogP contribution >= 0.6 is 0 Å². The van der Waals surface area contributed by atoms with Gasteiger partial charge in [0.25, 0.3) is 0 Å². The van der Waals surface area contributed by atoms with Gasteiger partial charge in [-0.05, 0) is 24.1 Å². The van der Waals surface area contributed by atoms with E-state index >= 15 is 0 Å². The Bertz CT molecular complexity index is 580. The Morgan fingerprint density at radius 1 is 1.50 bits per heavy atom. The number of hydrogen-bond acceptors (Lipinski definition) is 2. The summed E-state index contributed by atoms with van der Waals surface area (Å²) in [7, 11) is 0. The normalized spacial score (nSPS) is 10.2. The van der Waals surface area contributed by atoms with Crippen molar-refractivity contribution in [2.24, 2.45) is 0 Å². The van der Waals surface area contributed by atoms with E-state index in [9.17, 15) is 9.18 Å². The van der Waals surface area contributed by atoms with Crippen molar-refractivity contribution in [2.45, 2.75) is 12.8 Å². The second kappa shape index (κ2) is 4.15. The van der Waals surface area contributed by atoms with Crippen molar-refractivity contribution in [2.75, 3.05) is 0 Å². The summed E-state index contributed by atoms with van der Waals surface area (Å²) in [5, 5.41) is 9.53. The molecule has 1 aromatic heterocycles. The van der Waals surface area contributed by atoms with Crippen LogP contribution in [0.2, 0.25) is 0 Å². The van der Waals surface area contributed by atoms with Crippen LogP contribution in [-0.4, -0.2) is 11.3 Å². The van der Waals surface area contributed by atoms with Gasteiger partial charge in [-0.3, -0.25) is 0 Å². The van der Waals surface area contributed by atoms with Gasteiger partial charge in [0.05, 0.1) is 11.1 Å². The third-order valence-electron chi connectivity index (χ3n) is 2.49. The first-order valence-electron chi connectivity index (χ1n) is 4.89. The number of halogens is 1. The number of aromatic nitrogens is 1. The Balaban J connectivity index is 2.59. The Kier molecular flexibility index (Phi) is 2.69. The van der Waals surface area contributed by atoms with Crippen LogP contribution in [0.5, 0.6) is 0 Å². The van der Waals surface area contributed by atoms with E-state index in [1.807, 2.05) is 6.07 Å². The molecule has 1 aromatic carbocycles. The molecular weight excluding hydrogens is 207 g/mol. The second-order valence-electron chi connectivity index (χ2n) is 3.51. The molecule has 1 heterocycles. The molecule has 80 valence electrons. The molecule has 0 saturated heterocycles. The van der Waals surface area contributed by atoms with Crippen molar-refractivity contribution in [3.8, 4) is 6.07 Å². The maximum absolute atomic E-state index is 13.2. The molecule has 2 rings (SSSR count). The average molecular weight is 216 g/mol. The van der Waals surface area contributed by atoms with Gasteiger partial charge in [-0.15, -0.1) is 0 Å². The number of H-pyrrole nitrogens is 1. The smallest absolute Gasteiger partial charge is 0.125 e. The number of benzene rings is 1. The van der Waals surface area contributed by atoms with Crippen LogP contribution in [0.3, 0.4) is 0 Å². The number of rotatable bonds is 3. The lowest BCUT2D eigenvalue weighted by Crippen LogP contribution is -1.86. The van der Waals surface area contributed by atoms with Crippen molar-refractivity contribution in [1.29, 1.82) is 5.26 Å². The minimum absolute atomic E-state index is 0.285. The largest absolute Gasteiger partial charge is 0.360 e. The zero-order chi connectivity index (χ0) is 11.5. The van der Waals surface area contributed by atoms with Gasteiger partial charge in [-0.2, -0.15) is 5.26 Å². The van der Waals surface area contributed by atoms with Gasteiger partial charge >= 0.3 is 0 Å². The van der Waals surface area contributed by atoms with Crippen LogP contribution in [0.4, 0.5) is 4.39 Å². The van der Waals surface area contributed by atoms with Gasteiger partial charge in [0, 0.05) is 18.0 Å². The lowest BCUT2D eigenvalue weighted by Gasteiger charge is -1.97. The van der Waals surface area contributed by atoms with E-state index in [1.54, 1.807) is 6.20 Å². The fourth-order valence-electron chi connectivity index (χ4n) is 1.76. The van der Waals surface area contributed by atoms with Gasteiger partial charge < -0.3 is 9.78 Å². The molecule has 0 saturated carbocycles. The summed E-state index contributed by atoms with van der Waals surface area (Å²) in [5.41, 5.74) is 1.77. The van der Waals surface area contributed by atoms with Crippen molar-refractivity contribution in [1.82, 2.24) is 4.98 Å². The molecule has 0 aliphatic carbocycles. The van der Waals surface area contributed by atoms with Gasteiger partial charge in [0.1, 0.15) is 18.2 Å². The first kappa shape index (κ1) is 10.4. The SMILES string of the molecule is N#Cc1cc(F)cc2c(CCC=O)c[nH]c12. The molecule has 1 N–H and O–H groups in total. The van der Waals surface area contributed by atoms with Crippen molar-refractivity contribution in [3.05, 3.63) is 35.3 Å². The van der Waals surface area contributed by atoms with Gasteiger partial charge in [-0.25, -0.2) is 4.39 Å². The number of nitrogens with one attached hydrogen (secondary N) is 1. The maximum atomic E-state index is 13.2. The lowest BCUT2D eigenvalue weighted by molar-refractivity contribution is -0.107. The van der Waals surface area contributed by atoms with Gasteiger partial charge in [-0.1, -0.05) is 0 Å². The molecule has 0 aliphatic rings. The molecule has 0 bridgehead atoms. The topological polar surface area (TPSA) is 56.6 Å². The van der Waals surface area contributed by atoms with Gasteiger partial charge in [0.2, 0.25) is 0 Å². The summed E-state index contributed by atoms with van der Waals surface area (Å²) >= 11 is 0. The second-order valence-corrected chi connectivity index (χ2v) is 3.51. The lowest BCUT2D eigenvalue weighted by atomic mass is 10.1. The quantitative estimate of drug-likeness (QED) is 0.800. The highest BCUT2D eigenvalue weighted by atomic mass is 19.1. The standard InChI is InChI=1S/C12H9FN2O/c13-10-4-9(6-14)12-11(5-10)8(7-15-12)2-1-3-16/h3-5,7,15H,1-2H2. The molecule has 2 aromatic rings. The summed E-state index contributed by atoms with van der Waals surface area (Å²) in [5.74, 6) is -0.434. The minimum Gasteiger partial charge on any atom is -0.360 e. The third-order valence-corrected chi connectivity index (χ3v) is 2.49. The molecule has 0 radical (unpaired) electrons. The predicted molar refractivity (Wildman–Crippen MR) is 57.4 cm³/mol. The van der Waals surface area contributed by atoms with E-state index in [4.69, 9.17) is 5.26 Å². The summed E-state index contributed by atoms with van der Waals surface area (Å²) < 4.78 is 13.2. The molecule has 0 amide bonds. The predicted octanol–water partition coefficient (Wildman–Crippen LogP) is 2.31. The number of hydrogen-bond donors (Lipinski definition) is 1. The van der Waals surface area contributed by atoms with Crippen LogP contribution in [-0.2, 0) is 11.2 Å². The summed E-state index contributed by atoms with van der Waals surface area (Å²) in [6.45, 7) is 0. The molecule has 0 spiro atoms. The van der Waals surface area contributed by atoms with E-state index in [-0.39, 0.29) is 5.56 Å². The third kappa shape index (κ3) is 1.68. The number of nitrogens with zero attached hydrogens (tertiary/aromatic N) is 1. The molecule has 0 atom stereocenters. The average Bonchev–Trinajstić information content (AvgIpc) is 2.68. The van der Waals surface area contributed by atoms with E-state index in [0.717, 1.165) is 11.8 Å². The highest BCUT2D eigenvalue weighted by Gasteiger charge is 2.09. The molecule has 3 nitrogen and oxygen atoms in total. The number of aromatic amines is 1. The Hall–Kier alpha value is -2.15. The van der Waals surface area contributed by atoms with Crippen molar-refractivity contribution < 1.29 is 9.18 Å². The fourth-order valence-corrected chi connectivity index (χ4v) is 1.76. The summed E-state index contributed by atoms with van der Waals surface area (Å²) in [6.07, 6.45) is 3.49. The molecule has 0 unspecified atom stereocenters. The highest BCUT2D eigenvalue weighted by molar-refractivity contribution is 5.88. The monoisotopic (exact) mass is 216 g/mol. The first-order valence-corrected chi connectivity index (χ1v) is 4.89. The summed E-state index contributed by atoms with van der Waals surface area (Å²) in [4.78, 5) is 13.2. The first-order chi connectivity index (χ1) is 7.76. The number of aldehydes is 1. The van der Waals surface area contributed by atoms with Crippen molar-refractivity contribution in [3.63, 3.8) is 0 Å². The maximum Gasteiger partial charge on any atom is 0.125 e. The minimum atomic E-state index is -0.434. The van der Waals surface area contributed by atoms with E-state index in [1.165, 1.54) is 12.1 Å². The fraction of sp³-hybridized carbons (Fsp3) is 0.167. The summed E-state index contributed by atoms with van der Waals surface area (Å²) in [6, 6.07) is 4.52. The highest BCUT2D eigenvalue weighted by Crippen LogP contribution is 2.23. The van der Waals surface area contributed by atoms with Crippen LogP contribution < -0.4 is 0 Å². The zero-order valence-electron chi connectivity index (χ0n) is 8.46. The van der Waals surface area contributed by atoms with Crippen LogP contribution in [0.1, 0.15) is 17.5 Å². The van der Waals surface area contributed by atoms with Gasteiger partial charge in [0.15, 0.2) is 0 Å². The Morgan fingerprint density at radius 2 is 2.31 bits per heavy atom. The van der Waals surface area contributed by atoms with E-state index in [2.05, 4.69) is 4.98 Å².